The van der Waals surface area contributed by atoms with E-state index in [9.17, 15) is 4.79 Å². The quantitative estimate of drug-likeness (QED) is 0.716. The third-order valence-electron chi connectivity index (χ3n) is 2.57. The molecule has 2 aromatic heterocycles. The zero-order valence-corrected chi connectivity index (χ0v) is 9.06. The van der Waals surface area contributed by atoms with Gasteiger partial charge in [-0.15, -0.1) is 5.10 Å². The van der Waals surface area contributed by atoms with Crippen molar-refractivity contribution in [1.82, 2.24) is 25.2 Å². The lowest BCUT2D eigenvalue weighted by Gasteiger charge is -2.06. The Morgan fingerprint density at radius 3 is 2.89 bits per heavy atom. The summed E-state index contributed by atoms with van der Waals surface area (Å²) in [7, 11) is 0. The van der Waals surface area contributed by atoms with Gasteiger partial charge in [0.1, 0.15) is 6.33 Å². The van der Waals surface area contributed by atoms with E-state index in [0.29, 0.717) is 16.6 Å². The highest BCUT2D eigenvalue weighted by Crippen LogP contribution is 2.22. The third kappa shape index (κ3) is 1.49. The molecule has 0 saturated carbocycles. The second-order valence-corrected chi connectivity index (χ2v) is 3.59. The molecule has 7 nitrogen and oxygen atoms in total. The fraction of sp³-hybridized carbons (Fsp3) is 0. The number of nitrogens with zero attached hydrogens (tertiary/aromatic N) is 5. The smallest absolute Gasteiger partial charge is 0.336 e. The second-order valence-electron chi connectivity index (χ2n) is 3.59. The van der Waals surface area contributed by atoms with Crippen LogP contribution >= 0.6 is 0 Å². The molecule has 0 aliphatic heterocycles. The van der Waals surface area contributed by atoms with Crippen LogP contribution in [-0.4, -0.2) is 36.3 Å². The van der Waals surface area contributed by atoms with Crippen LogP contribution < -0.4 is 0 Å². The van der Waals surface area contributed by atoms with E-state index in [1.807, 2.05) is 0 Å². The highest BCUT2D eigenvalue weighted by molar-refractivity contribution is 6.04. The van der Waals surface area contributed by atoms with Gasteiger partial charge in [-0.2, -0.15) is 4.68 Å². The summed E-state index contributed by atoms with van der Waals surface area (Å²) in [5.41, 5.74) is 1.39. The minimum Gasteiger partial charge on any atom is -0.478 e. The summed E-state index contributed by atoms with van der Waals surface area (Å²) in [5, 5.41) is 20.6. The Labute approximate surface area is 101 Å². The van der Waals surface area contributed by atoms with Gasteiger partial charge in [-0.3, -0.25) is 4.98 Å². The maximum atomic E-state index is 11.1. The van der Waals surface area contributed by atoms with Crippen molar-refractivity contribution in [3.63, 3.8) is 0 Å². The van der Waals surface area contributed by atoms with Gasteiger partial charge in [0.15, 0.2) is 0 Å². The van der Waals surface area contributed by atoms with Gasteiger partial charge in [0.25, 0.3) is 0 Å². The Kier molecular flexibility index (Phi) is 2.23. The average molecular weight is 241 g/mol. The number of carboxylic acid groups (broad SMARTS) is 1. The lowest BCUT2D eigenvalue weighted by atomic mass is 10.1. The maximum Gasteiger partial charge on any atom is 0.336 e. The van der Waals surface area contributed by atoms with Crippen LogP contribution in [0.5, 0.6) is 0 Å². The molecule has 0 atom stereocenters. The molecule has 0 spiro atoms. The zero-order chi connectivity index (χ0) is 12.5. The van der Waals surface area contributed by atoms with Crippen LogP contribution in [0.2, 0.25) is 0 Å². The summed E-state index contributed by atoms with van der Waals surface area (Å²) in [6.07, 6.45) is 3.03. The number of fused-ring (bicyclic) bond motifs is 1. The number of aromatic nitrogens is 5. The Hall–Kier alpha value is -2.83. The maximum absolute atomic E-state index is 11.1. The second kappa shape index (κ2) is 3.88. The van der Waals surface area contributed by atoms with Crippen molar-refractivity contribution in [3.05, 3.63) is 42.4 Å². The van der Waals surface area contributed by atoms with Gasteiger partial charge in [-0.25, -0.2) is 4.79 Å². The number of hydrogen-bond donors (Lipinski definition) is 1. The van der Waals surface area contributed by atoms with E-state index >= 15 is 0 Å². The molecule has 0 aliphatic carbocycles. The highest BCUT2D eigenvalue weighted by atomic mass is 16.4. The molecular formula is C11H7N5O2. The van der Waals surface area contributed by atoms with Gasteiger partial charge in [-0.1, -0.05) is 6.07 Å². The fourth-order valence-electron chi connectivity index (χ4n) is 1.80. The largest absolute Gasteiger partial charge is 0.478 e. The first kappa shape index (κ1) is 10.3. The predicted molar refractivity (Wildman–Crippen MR) is 61.4 cm³/mol. The number of hydrogen-bond acceptors (Lipinski definition) is 5. The molecule has 0 saturated heterocycles. The fourth-order valence-corrected chi connectivity index (χ4v) is 1.80. The number of carbonyl (C=O) groups is 1. The molecule has 3 rings (SSSR count). The standard InChI is InChI=1S/C11H7N5O2/c17-11(18)8-3-4-9(16-6-13-14-15-16)10-7(8)2-1-5-12-10/h1-6H,(H,17,18). The number of benzene rings is 1. The summed E-state index contributed by atoms with van der Waals surface area (Å²) >= 11 is 0. The summed E-state index contributed by atoms with van der Waals surface area (Å²) in [6.45, 7) is 0. The molecule has 1 aromatic carbocycles. The van der Waals surface area contributed by atoms with Crippen LogP contribution in [0.15, 0.2) is 36.8 Å². The SMILES string of the molecule is O=C(O)c1ccc(-n2cnnn2)c2ncccc12. The van der Waals surface area contributed by atoms with Crippen LogP contribution in [0.1, 0.15) is 10.4 Å². The normalized spacial score (nSPS) is 10.7. The lowest BCUT2D eigenvalue weighted by molar-refractivity contribution is 0.0699. The van der Waals surface area contributed by atoms with Crippen molar-refractivity contribution in [2.75, 3.05) is 0 Å². The molecule has 18 heavy (non-hydrogen) atoms. The summed E-state index contributed by atoms with van der Waals surface area (Å²) in [4.78, 5) is 15.3. The van der Waals surface area contributed by atoms with Crippen molar-refractivity contribution < 1.29 is 9.90 Å². The van der Waals surface area contributed by atoms with Gasteiger partial charge in [0.2, 0.25) is 0 Å². The van der Waals surface area contributed by atoms with Crippen LogP contribution in [0.4, 0.5) is 0 Å². The Morgan fingerprint density at radius 2 is 2.17 bits per heavy atom. The molecule has 88 valence electrons. The third-order valence-corrected chi connectivity index (χ3v) is 2.57. The van der Waals surface area contributed by atoms with E-state index in [1.165, 1.54) is 17.1 Å². The number of aromatic carboxylic acids is 1. The monoisotopic (exact) mass is 241 g/mol. The van der Waals surface area contributed by atoms with Gasteiger partial charge in [0.05, 0.1) is 16.8 Å². The van der Waals surface area contributed by atoms with Crippen LogP contribution in [0.3, 0.4) is 0 Å². The highest BCUT2D eigenvalue weighted by Gasteiger charge is 2.13. The topological polar surface area (TPSA) is 93.8 Å². The first-order chi connectivity index (χ1) is 8.77. The van der Waals surface area contributed by atoms with Crippen molar-refractivity contribution in [2.24, 2.45) is 0 Å². The minimum atomic E-state index is -0.990. The van der Waals surface area contributed by atoms with Gasteiger partial charge in [-0.05, 0) is 28.6 Å². The number of rotatable bonds is 2. The predicted octanol–water partition coefficient (Wildman–Crippen LogP) is 0.909. The Balaban J connectivity index is 2.37. The zero-order valence-electron chi connectivity index (χ0n) is 9.06. The van der Waals surface area contributed by atoms with Crippen molar-refractivity contribution >= 4 is 16.9 Å². The molecular weight excluding hydrogens is 234 g/mol. The molecule has 2 heterocycles. The van der Waals surface area contributed by atoms with E-state index in [4.69, 9.17) is 5.11 Å². The van der Waals surface area contributed by atoms with Crippen LogP contribution in [0.25, 0.3) is 16.6 Å². The summed E-state index contributed by atoms with van der Waals surface area (Å²) in [5.74, 6) is -0.990. The average Bonchev–Trinajstić information content (AvgIpc) is 2.91. The van der Waals surface area contributed by atoms with Crippen LogP contribution in [0, 0.1) is 0 Å². The molecule has 0 unspecified atom stereocenters. The van der Waals surface area contributed by atoms with E-state index in [0.717, 1.165) is 0 Å². The van der Waals surface area contributed by atoms with Crippen LogP contribution in [-0.2, 0) is 0 Å². The Morgan fingerprint density at radius 1 is 1.28 bits per heavy atom. The first-order valence-electron chi connectivity index (χ1n) is 5.12. The first-order valence-corrected chi connectivity index (χ1v) is 5.12. The molecule has 0 amide bonds. The minimum absolute atomic E-state index is 0.204. The number of tetrazole rings is 1. The number of pyridine rings is 1. The molecule has 1 N–H and O–H groups in total. The van der Waals surface area contributed by atoms with Gasteiger partial charge in [0, 0.05) is 11.6 Å². The molecule has 0 radical (unpaired) electrons. The van der Waals surface area contributed by atoms with E-state index in [2.05, 4.69) is 20.5 Å². The summed E-state index contributed by atoms with van der Waals surface area (Å²) < 4.78 is 1.45. The lowest BCUT2D eigenvalue weighted by Crippen LogP contribution is -2.03. The molecule has 0 aliphatic rings. The Bertz CT molecular complexity index is 723. The van der Waals surface area contributed by atoms with Crippen molar-refractivity contribution in [3.8, 4) is 5.69 Å². The molecule has 0 fully saturated rings. The molecule has 3 aromatic rings. The van der Waals surface area contributed by atoms with Gasteiger partial charge < -0.3 is 5.11 Å². The van der Waals surface area contributed by atoms with E-state index in [1.54, 1.807) is 24.4 Å². The molecule has 7 heteroatoms. The van der Waals surface area contributed by atoms with Crippen molar-refractivity contribution in [2.45, 2.75) is 0 Å². The van der Waals surface area contributed by atoms with Gasteiger partial charge >= 0.3 is 5.97 Å². The van der Waals surface area contributed by atoms with Crippen molar-refractivity contribution in [1.29, 1.82) is 0 Å². The number of carboxylic acids is 1. The van der Waals surface area contributed by atoms with E-state index in [-0.39, 0.29) is 5.56 Å². The van der Waals surface area contributed by atoms with E-state index < -0.39 is 5.97 Å². The molecule has 0 bridgehead atoms. The summed E-state index contributed by atoms with van der Waals surface area (Å²) in [6, 6.07) is 6.55.